The third-order valence-electron chi connectivity index (χ3n) is 6.45. The van der Waals surface area contributed by atoms with Crippen LogP contribution in [0.5, 0.6) is 0 Å². The molecule has 1 atom stereocenters. The van der Waals surface area contributed by atoms with E-state index in [4.69, 9.17) is 0 Å². The first-order valence-electron chi connectivity index (χ1n) is 12.2. The van der Waals surface area contributed by atoms with Crippen molar-refractivity contribution < 1.29 is 26.8 Å². The van der Waals surface area contributed by atoms with E-state index in [1.165, 1.54) is 11.0 Å². The summed E-state index contributed by atoms with van der Waals surface area (Å²) in [5.41, 5.74) is 0.812. The summed E-state index contributed by atoms with van der Waals surface area (Å²) < 4.78 is 53.5. The highest BCUT2D eigenvalue weighted by molar-refractivity contribution is 9.10. The molecule has 0 saturated heterocycles. The van der Waals surface area contributed by atoms with Crippen molar-refractivity contribution in [2.45, 2.75) is 64.1 Å². The molecule has 1 fully saturated rings. The molecule has 0 bridgehead atoms. The molecule has 0 heterocycles. The lowest BCUT2D eigenvalue weighted by atomic mass is 10.1. The molecule has 1 saturated carbocycles. The van der Waals surface area contributed by atoms with E-state index in [-0.39, 0.29) is 49.5 Å². The lowest BCUT2D eigenvalue weighted by Gasteiger charge is -2.30. The SMILES string of the molecule is C[C@H](C(=O)NC1CCCC1)N(Cc1cccc(Br)c1)C(=O)CCCN(c1ccc(F)c(F)c1)S(C)(=O)=O. The lowest BCUT2D eigenvalue weighted by Crippen LogP contribution is -2.49. The van der Waals surface area contributed by atoms with Crippen molar-refractivity contribution in [1.82, 2.24) is 10.2 Å². The Bertz CT molecular complexity index is 1220. The molecule has 7 nitrogen and oxygen atoms in total. The van der Waals surface area contributed by atoms with Gasteiger partial charge < -0.3 is 10.2 Å². The van der Waals surface area contributed by atoms with Gasteiger partial charge in [-0.05, 0) is 56.0 Å². The second-order valence-corrected chi connectivity index (χ2v) is 12.2. The summed E-state index contributed by atoms with van der Waals surface area (Å²) in [5, 5.41) is 3.04. The molecule has 1 aliphatic carbocycles. The fraction of sp³-hybridized carbons (Fsp3) is 0.462. The van der Waals surface area contributed by atoms with E-state index >= 15 is 0 Å². The van der Waals surface area contributed by atoms with Crippen LogP contribution < -0.4 is 9.62 Å². The number of nitrogens with one attached hydrogen (secondary N) is 1. The van der Waals surface area contributed by atoms with Crippen molar-refractivity contribution in [1.29, 1.82) is 0 Å². The molecule has 0 unspecified atom stereocenters. The van der Waals surface area contributed by atoms with Crippen LogP contribution in [-0.4, -0.2) is 50.0 Å². The molecule has 2 aromatic carbocycles. The third-order valence-corrected chi connectivity index (χ3v) is 8.14. The predicted molar refractivity (Wildman–Crippen MR) is 142 cm³/mol. The van der Waals surface area contributed by atoms with Crippen LogP contribution in [0.1, 0.15) is 51.0 Å². The standard InChI is InChI=1S/C26H32BrF2N3O4S/c1-18(26(34)30-21-9-3-4-10-21)31(17-19-7-5-8-20(27)15-19)25(33)11-6-14-32(37(2,35)36)22-12-13-23(28)24(29)16-22/h5,7-8,12-13,15-16,18,21H,3-4,6,9-11,14,17H2,1-2H3,(H,30,34)/t18-/m1/s1. The van der Waals surface area contributed by atoms with E-state index in [9.17, 15) is 26.8 Å². The number of rotatable bonds is 11. The normalized spacial score (nSPS) is 14.8. The number of carbonyl (C=O) groups is 2. The minimum absolute atomic E-state index is 0.0239. The van der Waals surface area contributed by atoms with Crippen LogP contribution in [0.15, 0.2) is 46.9 Å². The Hall–Kier alpha value is -2.53. The number of anilines is 1. The maximum absolute atomic E-state index is 13.7. The van der Waals surface area contributed by atoms with Gasteiger partial charge in [-0.2, -0.15) is 0 Å². The monoisotopic (exact) mass is 599 g/mol. The Morgan fingerprint density at radius 2 is 1.81 bits per heavy atom. The van der Waals surface area contributed by atoms with Gasteiger partial charge in [0.15, 0.2) is 11.6 Å². The number of carbonyl (C=O) groups excluding carboxylic acids is 2. The van der Waals surface area contributed by atoms with E-state index in [2.05, 4.69) is 21.2 Å². The van der Waals surface area contributed by atoms with Gasteiger partial charge in [0.1, 0.15) is 6.04 Å². The van der Waals surface area contributed by atoms with Gasteiger partial charge in [-0.3, -0.25) is 13.9 Å². The second kappa shape index (κ2) is 12.8. The van der Waals surface area contributed by atoms with Crippen molar-refractivity contribution in [3.05, 3.63) is 64.1 Å². The molecule has 1 aliphatic rings. The highest BCUT2D eigenvalue weighted by atomic mass is 79.9. The Balaban J connectivity index is 1.73. The summed E-state index contributed by atoms with van der Waals surface area (Å²) in [6, 6.07) is 9.67. The minimum atomic E-state index is -3.81. The molecule has 37 heavy (non-hydrogen) atoms. The van der Waals surface area contributed by atoms with Gasteiger partial charge in [0.25, 0.3) is 0 Å². The van der Waals surface area contributed by atoms with Gasteiger partial charge in [-0.15, -0.1) is 0 Å². The van der Waals surface area contributed by atoms with Crippen LogP contribution in [0.2, 0.25) is 0 Å². The molecule has 0 spiro atoms. The first kappa shape index (κ1) is 29.0. The van der Waals surface area contributed by atoms with Gasteiger partial charge in [0.2, 0.25) is 21.8 Å². The molecule has 1 N–H and O–H groups in total. The number of amides is 2. The highest BCUT2D eigenvalue weighted by Gasteiger charge is 2.29. The Kier molecular flexibility index (Phi) is 10.1. The van der Waals surface area contributed by atoms with Gasteiger partial charge >= 0.3 is 0 Å². The number of sulfonamides is 1. The van der Waals surface area contributed by atoms with Crippen LogP contribution in [-0.2, 0) is 26.2 Å². The van der Waals surface area contributed by atoms with Crippen LogP contribution >= 0.6 is 15.9 Å². The molecular formula is C26H32BrF2N3O4S. The van der Waals surface area contributed by atoms with Gasteiger partial charge in [0, 0.05) is 36.1 Å². The Labute approximate surface area is 225 Å². The first-order chi connectivity index (χ1) is 17.5. The van der Waals surface area contributed by atoms with Crippen LogP contribution in [0, 0.1) is 11.6 Å². The predicted octanol–water partition coefficient (Wildman–Crippen LogP) is 4.75. The van der Waals surface area contributed by atoms with E-state index < -0.39 is 27.7 Å². The number of hydrogen-bond donors (Lipinski definition) is 1. The first-order valence-corrected chi connectivity index (χ1v) is 14.9. The summed E-state index contributed by atoms with van der Waals surface area (Å²) >= 11 is 3.43. The summed E-state index contributed by atoms with van der Waals surface area (Å²) in [4.78, 5) is 27.8. The van der Waals surface area contributed by atoms with Crippen molar-refractivity contribution >= 4 is 43.5 Å². The lowest BCUT2D eigenvalue weighted by molar-refractivity contribution is -0.141. The number of hydrogen-bond acceptors (Lipinski definition) is 4. The van der Waals surface area contributed by atoms with Gasteiger partial charge in [-0.1, -0.05) is 40.9 Å². The minimum Gasteiger partial charge on any atom is -0.352 e. The molecule has 0 aromatic heterocycles. The summed E-state index contributed by atoms with van der Waals surface area (Å²) in [7, 11) is -3.81. The van der Waals surface area contributed by atoms with E-state index in [1.807, 2.05) is 24.3 Å². The molecule has 11 heteroatoms. The molecular weight excluding hydrogens is 568 g/mol. The summed E-state index contributed by atoms with van der Waals surface area (Å²) in [6.07, 6.45) is 5.02. The van der Waals surface area contributed by atoms with Crippen LogP contribution in [0.4, 0.5) is 14.5 Å². The molecule has 2 aromatic rings. The number of nitrogens with zero attached hydrogens (tertiary/aromatic N) is 2. The number of benzene rings is 2. The van der Waals surface area contributed by atoms with Crippen molar-refractivity contribution in [2.24, 2.45) is 0 Å². The molecule has 2 amide bonds. The molecule has 0 radical (unpaired) electrons. The average Bonchev–Trinajstić information content (AvgIpc) is 3.34. The van der Waals surface area contributed by atoms with Crippen molar-refractivity contribution in [2.75, 3.05) is 17.1 Å². The van der Waals surface area contributed by atoms with E-state index in [1.54, 1.807) is 6.92 Å². The molecule has 0 aliphatic heterocycles. The van der Waals surface area contributed by atoms with Crippen LogP contribution in [0.3, 0.4) is 0 Å². The fourth-order valence-corrected chi connectivity index (χ4v) is 5.85. The zero-order chi connectivity index (χ0) is 27.2. The van der Waals surface area contributed by atoms with E-state index in [0.29, 0.717) is 0 Å². The van der Waals surface area contributed by atoms with Gasteiger partial charge in [-0.25, -0.2) is 17.2 Å². The van der Waals surface area contributed by atoms with Crippen molar-refractivity contribution in [3.63, 3.8) is 0 Å². The summed E-state index contributed by atoms with van der Waals surface area (Å²) in [6.45, 7) is 1.78. The Morgan fingerprint density at radius 1 is 1.11 bits per heavy atom. The van der Waals surface area contributed by atoms with Gasteiger partial charge in [0.05, 0.1) is 11.9 Å². The third kappa shape index (κ3) is 8.23. The average molecular weight is 601 g/mol. The number of halogens is 3. The maximum Gasteiger partial charge on any atom is 0.242 e. The summed E-state index contributed by atoms with van der Waals surface area (Å²) in [5.74, 6) is -2.78. The quantitative estimate of drug-likeness (QED) is 0.404. The zero-order valence-corrected chi connectivity index (χ0v) is 23.3. The maximum atomic E-state index is 13.7. The largest absolute Gasteiger partial charge is 0.352 e. The topological polar surface area (TPSA) is 86.8 Å². The molecule has 3 rings (SSSR count). The zero-order valence-electron chi connectivity index (χ0n) is 20.9. The van der Waals surface area contributed by atoms with Crippen LogP contribution in [0.25, 0.3) is 0 Å². The molecule has 202 valence electrons. The second-order valence-electron chi connectivity index (χ2n) is 9.35. The highest BCUT2D eigenvalue weighted by Crippen LogP contribution is 2.23. The van der Waals surface area contributed by atoms with Crippen molar-refractivity contribution in [3.8, 4) is 0 Å². The van der Waals surface area contributed by atoms with E-state index in [0.717, 1.165) is 58.4 Å². The fourth-order valence-electron chi connectivity index (χ4n) is 4.45. The smallest absolute Gasteiger partial charge is 0.242 e. The Morgan fingerprint density at radius 3 is 2.43 bits per heavy atom.